The molecule has 6 nitrogen and oxygen atoms in total. The molecule has 1 spiro atoms. The third kappa shape index (κ3) is 6.49. The van der Waals surface area contributed by atoms with Crippen molar-refractivity contribution < 1.29 is 14.3 Å². The highest BCUT2D eigenvalue weighted by molar-refractivity contribution is 6.00. The summed E-state index contributed by atoms with van der Waals surface area (Å²) >= 11 is 0. The highest BCUT2D eigenvalue weighted by Gasteiger charge is 2.53. The van der Waals surface area contributed by atoms with Gasteiger partial charge in [0.25, 0.3) is 0 Å². The summed E-state index contributed by atoms with van der Waals surface area (Å²) in [5, 5.41) is 3.21. The number of carbonyl (C=O) groups is 2. The molecule has 1 unspecified atom stereocenters. The van der Waals surface area contributed by atoms with Crippen LogP contribution in [0.15, 0.2) is 48.5 Å². The summed E-state index contributed by atoms with van der Waals surface area (Å²) in [6.45, 7) is 7.34. The van der Waals surface area contributed by atoms with Gasteiger partial charge in [-0.05, 0) is 68.4 Å². The number of hydrogen-bond donors (Lipinski definition) is 1. The number of piperazine rings is 1. The molecule has 2 aliphatic heterocycles. The van der Waals surface area contributed by atoms with Crippen molar-refractivity contribution in [3.05, 3.63) is 59.7 Å². The SMILES string of the molecule is CCCCN1C(=O)C(CC2CCCCC2)NC(=O)C12CCN(Cc1ccc(Oc3ccc(C)cc3)cc1)CC2. The van der Waals surface area contributed by atoms with Crippen molar-refractivity contribution in [2.45, 2.75) is 96.2 Å². The van der Waals surface area contributed by atoms with Gasteiger partial charge in [0.15, 0.2) is 0 Å². The van der Waals surface area contributed by atoms with Crippen LogP contribution >= 0.6 is 0 Å². The Hall–Kier alpha value is -2.86. The highest BCUT2D eigenvalue weighted by Crippen LogP contribution is 2.36. The Morgan fingerprint density at radius 3 is 2.21 bits per heavy atom. The molecule has 210 valence electrons. The zero-order valence-corrected chi connectivity index (χ0v) is 23.8. The minimum absolute atomic E-state index is 0.0799. The predicted molar refractivity (Wildman–Crippen MR) is 155 cm³/mol. The summed E-state index contributed by atoms with van der Waals surface area (Å²) in [4.78, 5) is 31.8. The number of carbonyl (C=O) groups excluding carboxylic acids is 2. The number of ether oxygens (including phenoxy) is 1. The van der Waals surface area contributed by atoms with Crippen LogP contribution < -0.4 is 10.1 Å². The average Bonchev–Trinajstić information content (AvgIpc) is 2.96. The van der Waals surface area contributed by atoms with E-state index in [-0.39, 0.29) is 17.9 Å². The molecular formula is C33H45N3O3. The number of rotatable bonds is 9. The Balaban J connectivity index is 1.19. The molecule has 3 aliphatic rings. The smallest absolute Gasteiger partial charge is 0.246 e. The van der Waals surface area contributed by atoms with E-state index < -0.39 is 5.54 Å². The third-order valence-electron chi connectivity index (χ3n) is 9.11. The molecule has 0 aromatic heterocycles. The molecule has 0 radical (unpaired) electrons. The molecule has 1 atom stereocenters. The number of aryl methyl sites for hydroxylation is 1. The first kappa shape index (κ1) is 27.7. The number of amides is 2. The van der Waals surface area contributed by atoms with E-state index >= 15 is 0 Å². The fourth-order valence-corrected chi connectivity index (χ4v) is 6.67. The summed E-state index contributed by atoms with van der Waals surface area (Å²) in [7, 11) is 0. The Morgan fingerprint density at radius 1 is 0.923 bits per heavy atom. The van der Waals surface area contributed by atoms with E-state index in [4.69, 9.17) is 4.74 Å². The maximum Gasteiger partial charge on any atom is 0.246 e. The van der Waals surface area contributed by atoms with E-state index in [0.29, 0.717) is 25.3 Å². The molecule has 1 saturated carbocycles. The monoisotopic (exact) mass is 531 g/mol. The average molecular weight is 532 g/mol. The molecule has 2 saturated heterocycles. The van der Waals surface area contributed by atoms with Gasteiger partial charge in [-0.25, -0.2) is 0 Å². The van der Waals surface area contributed by atoms with E-state index in [9.17, 15) is 9.59 Å². The fraction of sp³-hybridized carbons (Fsp3) is 0.576. The highest BCUT2D eigenvalue weighted by atomic mass is 16.5. The first-order valence-electron chi connectivity index (χ1n) is 15.1. The Kier molecular flexibility index (Phi) is 8.91. The van der Waals surface area contributed by atoms with Gasteiger partial charge in [-0.3, -0.25) is 14.5 Å². The fourth-order valence-electron chi connectivity index (χ4n) is 6.67. The van der Waals surface area contributed by atoms with Crippen molar-refractivity contribution in [2.24, 2.45) is 5.92 Å². The quantitative estimate of drug-likeness (QED) is 0.417. The molecule has 2 amide bonds. The lowest BCUT2D eigenvalue weighted by Gasteiger charge is -2.52. The summed E-state index contributed by atoms with van der Waals surface area (Å²) in [5.74, 6) is 2.46. The molecular weight excluding hydrogens is 486 g/mol. The molecule has 2 heterocycles. The maximum atomic E-state index is 13.8. The minimum Gasteiger partial charge on any atom is -0.457 e. The van der Waals surface area contributed by atoms with Gasteiger partial charge >= 0.3 is 0 Å². The van der Waals surface area contributed by atoms with Crippen LogP contribution in [-0.2, 0) is 16.1 Å². The number of nitrogens with zero attached hydrogens (tertiary/aromatic N) is 2. The van der Waals surface area contributed by atoms with Gasteiger partial charge in [0.05, 0.1) is 0 Å². The second-order valence-corrected chi connectivity index (χ2v) is 12.0. The van der Waals surface area contributed by atoms with Crippen molar-refractivity contribution in [3.8, 4) is 11.5 Å². The van der Waals surface area contributed by atoms with E-state index in [1.54, 1.807) is 0 Å². The number of likely N-dealkylation sites (tertiary alicyclic amines) is 1. The zero-order valence-electron chi connectivity index (χ0n) is 23.8. The lowest BCUT2D eigenvalue weighted by atomic mass is 9.79. The number of piperidine rings is 1. The van der Waals surface area contributed by atoms with Gasteiger partial charge in [-0.15, -0.1) is 0 Å². The standard InChI is InChI=1S/C33H45N3O3/c1-3-4-20-36-31(37)30(23-26-8-6-5-7-9-26)34-32(38)33(36)18-21-35(22-19-33)24-27-12-16-29(17-13-27)39-28-14-10-25(2)11-15-28/h10-17,26,30H,3-9,18-24H2,1-2H3,(H,34,38). The molecule has 0 bridgehead atoms. The molecule has 1 N–H and O–H groups in total. The van der Waals surface area contributed by atoms with Gasteiger partial charge in [0.1, 0.15) is 23.1 Å². The minimum atomic E-state index is -0.697. The van der Waals surface area contributed by atoms with Crippen molar-refractivity contribution in [2.75, 3.05) is 19.6 Å². The van der Waals surface area contributed by atoms with Crippen molar-refractivity contribution >= 4 is 11.8 Å². The molecule has 2 aromatic carbocycles. The van der Waals surface area contributed by atoms with Crippen molar-refractivity contribution in [1.29, 1.82) is 0 Å². The van der Waals surface area contributed by atoms with Crippen molar-refractivity contribution in [3.63, 3.8) is 0 Å². The van der Waals surface area contributed by atoms with Crippen LogP contribution in [0.2, 0.25) is 0 Å². The molecule has 6 heteroatoms. The van der Waals surface area contributed by atoms with Crippen LogP contribution in [0.5, 0.6) is 11.5 Å². The lowest BCUT2D eigenvalue weighted by molar-refractivity contribution is -0.162. The van der Waals surface area contributed by atoms with Crippen LogP contribution in [0.1, 0.15) is 82.3 Å². The lowest BCUT2D eigenvalue weighted by Crippen LogP contribution is -2.73. The van der Waals surface area contributed by atoms with Crippen LogP contribution in [0, 0.1) is 12.8 Å². The molecule has 5 rings (SSSR count). The summed E-state index contributed by atoms with van der Waals surface area (Å²) in [6.07, 6.45) is 10.3. The first-order valence-corrected chi connectivity index (χ1v) is 15.1. The summed E-state index contributed by atoms with van der Waals surface area (Å²) in [5.41, 5.74) is 1.74. The Morgan fingerprint density at radius 2 is 1.56 bits per heavy atom. The van der Waals surface area contributed by atoms with Gasteiger partial charge in [0.2, 0.25) is 11.8 Å². The van der Waals surface area contributed by atoms with E-state index in [2.05, 4.69) is 36.2 Å². The molecule has 1 aliphatic carbocycles. The Labute approximate surface area is 234 Å². The van der Waals surface area contributed by atoms with Crippen LogP contribution in [0.3, 0.4) is 0 Å². The second-order valence-electron chi connectivity index (χ2n) is 12.0. The summed E-state index contributed by atoms with van der Waals surface area (Å²) < 4.78 is 5.98. The van der Waals surface area contributed by atoms with E-state index in [0.717, 1.165) is 50.4 Å². The second kappa shape index (κ2) is 12.5. The van der Waals surface area contributed by atoms with Crippen LogP contribution in [0.25, 0.3) is 0 Å². The Bertz CT molecular complexity index is 1100. The number of benzene rings is 2. The zero-order chi connectivity index (χ0) is 27.2. The number of unbranched alkanes of at least 4 members (excludes halogenated alkanes) is 1. The van der Waals surface area contributed by atoms with Crippen LogP contribution in [-0.4, -0.2) is 52.8 Å². The first-order chi connectivity index (χ1) is 19.0. The number of hydrogen-bond acceptors (Lipinski definition) is 4. The van der Waals surface area contributed by atoms with Gasteiger partial charge in [-0.1, -0.05) is 75.3 Å². The molecule has 2 aromatic rings. The van der Waals surface area contributed by atoms with Gasteiger partial charge in [0, 0.05) is 26.2 Å². The van der Waals surface area contributed by atoms with Gasteiger partial charge in [-0.2, -0.15) is 0 Å². The number of nitrogens with one attached hydrogen (secondary N) is 1. The third-order valence-corrected chi connectivity index (χ3v) is 9.11. The van der Waals surface area contributed by atoms with E-state index in [1.165, 1.54) is 43.2 Å². The van der Waals surface area contributed by atoms with E-state index in [1.807, 2.05) is 41.3 Å². The van der Waals surface area contributed by atoms with Crippen LogP contribution in [0.4, 0.5) is 0 Å². The molecule has 39 heavy (non-hydrogen) atoms. The van der Waals surface area contributed by atoms with Gasteiger partial charge < -0.3 is 15.0 Å². The van der Waals surface area contributed by atoms with Crippen molar-refractivity contribution in [1.82, 2.24) is 15.1 Å². The normalized spacial score (nSPS) is 22.2. The summed E-state index contributed by atoms with van der Waals surface area (Å²) in [6, 6.07) is 16.0. The largest absolute Gasteiger partial charge is 0.457 e. The maximum absolute atomic E-state index is 13.8. The topological polar surface area (TPSA) is 61.9 Å². The predicted octanol–water partition coefficient (Wildman–Crippen LogP) is 6.22. The molecule has 3 fully saturated rings.